The van der Waals surface area contributed by atoms with Crippen molar-refractivity contribution < 1.29 is 14.7 Å². The Balaban J connectivity index is 0.000000153. The van der Waals surface area contributed by atoms with Crippen molar-refractivity contribution in [3.05, 3.63) is 91.8 Å². The number of aryl methyl sites for hydroxylation is 2. The Labute approximate surface area is 329 Å². The fraction of sp³-hybridized carbons (Fsp3) is 0.475. The van der Waals surface area contributed by atoms with Gasteiger partial charge in [-0.25, -0.2) is 14.8 Å². The number of aromatic nitrogens is 6. The van der Waals surface area contributed by atoms with Crippen molar-refractivity contribution in [1.82, 2.24) is 34.8 Å². The zero-order valence-electron chi connectivity index (χ0n) is 31.2. The van der Waals surface area contributed by atoms with Crippen LogP contribution in [0.1, 0.15) is 75.8 Å². The Kier molecular flexibility index (Phi) is 9.19. The van der Waals surface area contributed by atoms with E-state index in [2.05, 4.69) is 42.4 Å². The van der Waals surface area contributed by atoms with Crippen LogP contribution in [-0.2, 0) is 13.1 Å². The van der Waals surface area contributed by atoms with Crippen molar-refractivity contribution in [3.63, 3.8) is 0 Å². The fourth-order valence-corrected chi connectivity index (χ4v) is 9.22. The number of fused-ring (bicyclic) bond motifs is 2. The lowest BCUT2D eigenvalue weighted by Gasteiger charge is -2.20. The maximum atomic E-state index is 12.9. The highest BCUT2D eigenvalue weighted by Gasteiger charge is 2.46. The van der Waals surface area contributed by atoms with E-state index in [9.17, 15) is 9.59 Å². The number of halogens is 2. The van der Waals surface area contributed by atoms with Crippen LogP contribution in [0.4, 0.5) is 11.6 Å². The van der Waals surface area contributed by atoms with E-state index in [1.807, 2.05) is 32.9 Å². The first-order valence-electron chi connectivity index (χ1n) is 19.1. The Morgan fingerprint density at radius 3 is 1.78 bits per heavy atom. The number of amides is 1. The molecule has 2 N–H and O–H groups in total. The quantitative estimate of drug-likeness (QED) is 0.214. The van der Waals surface area contributed by atoms with Gasteiger partial charge in [0.25, 0.3) is 5.91 Å². The van der Waals surface area contributed by atoms with Gasteiger partial charge in [-0.3, -0.25) is 19.2 Å². The van der Waals surface area contributed by atoms with Crippen molar-refractivity contribution >= 4 is 52.4 Å². The van der Waals surface area contributed by atoms with Gasteiger partial charge < -0.3 is 20.2 Å². The van der Waals surface area contributed by atoms with Crippen LogP contribution in [0.2, 0.25) is 10.3 Å². The van der Waals surface area contributed by atoms with E-state index in [-0.39, 0.29) is 27.8 Å². The molecule has 2 saturated carbocycles. The van der Waals surface area contributed by atoms with Crippen molar-refractivity contribution in [2.75, 3.05) is 42.5 Å². The summed E-state index contributed by atoms with van der Waals surface area (Å²) in [4.78, 5) is 42.7. The smallest absolute Gasteiger partial charge is 0.340 e. The second-order valence-corrected chi connectivity index (χ2v) is 16.7. The normalized spacial score (nSPS) is 24.3. The molecule has 0 spiro atoms. The monoisotopic (exact) mass is 782 g/mol. The molecule has 10 rings (SSSR count). The Morgan fingerprint density at radius 1 is 0.782 bits per heavy atom. The maximum absolute atomic E-state index is 12.9. The summed E-state index contributed by atoms with van der Waals surface area (Å²) in [7, 11) is 0. The number of carbonyl (C=O) groups is 2. The van der Waals surface area contributed by atoms with Gasteiger partial charge in [0.05, 0.1) is 31.2 Å². The Bertz CT molecular complexity index is 2260. The van der Waals surface area contributed by atoms with Gasteiger partial charge in [-0.1, -0.05) is 35.3 Å². The molecule has 13 nitrogen and oxygen atoms in total. The zero-order valence-corrected chi connectivity index (χ0v) is 32.7. The molecule has 2 saturated heterocycles. The molecule has 0 bridgehead atoms. The molecular weight excluding hydrogens is 739 g/mol. The number of piperidine rings is 2. The largest absolute Gasteiger partial charge is 0.478 e. The number of pyridine rings is 2. The van der Waals surface area contributed by atoms with Crippen LogP contribution >= 0.6 is 23.2 Å². The van der Waals surface area contributed by atoms with Gasteiger partial charge in [-0.2, -0.15) is 10.2 Å². The molecular formula is C40H44Cl2N10O3. The number of allylic oxidation sites excluding steroid dienone is 1. The van der Waals surface area contributed by atoms with Crippen LogP contribution in [0.25, 0.3) is 0 Å². The third-order valence-corrected chi connectivity index (χ3v) is 12.8. The minimum atomic E-state index is -1.07. The molecule has 55 heavy (non-hydrogen) atoms. The highest BCUT2D eigenvalue weighted by atomic mass is 35.5. The van der Waals surface area contributed by atoms with Gasteiger partial charge in [0.1, 0.15) is 17.2 Å². The number of hydrogen-bond donors (Lipinski definition) is 2. The molecule has 4 aromatic heterocycles. The predicted molar refractivity (Wildman–Crippen MR) is 211 cm³/mol. The molecule has 1 amide bonds. The fourth-order valence-electron chi connectivity index (χ4n) is 8.76. The minimum Gasteiger partial charge on any atom is -0.478 e. The van der Waals surface area contributed by atoms with E-state index in [0.717, 1.165) is 103 Å². The number of carboxylic acids is 1. The van der Waals surface area contributed by atoms with Gasteiger partial charge in [-0.05, 0) is 105 Å². The number of anilines is 2. The molecule has 3 aliphatic heterocycles. The lowest BCUT2D eigenvalue weighted by atomic mass is 10.1. The van der Waals surface area contributed by atoms with Crippen LogP contribution in [-0.4, -0.2) is 91.0 Å². The first kappa shape index (κ1) is 35.9. The molecule has 4 aromatic rings. The van der Waals surface area contributed by atoms with E-state index in [1.165, 1.54) is 30.2 Å². The van der Waals surface area contributed by atoms with Gasteiger partial charge >= 0.3 is 5.97 Å². The summed E-state index contributed by atoms with van der Waals surface area (Å²) in [6.45, 7) is 12.2. The summed E-state index contributed by atoms with van der Waals surface area (Å²) in [6.07, 6.45) is 7.84. The van der Waals surface area contributed by atoms with E-state index in [4.69, 9.17) is 38.3 Å². The van der Waals surface area contributed by atoms with Gasteiger partial charge in [-0.15, -0.1) is 0 Å². The Hall–Kier alpha value is -4.75. The Morgan fingerprint density at radius 2 is 1.29 bits per heavy atom. The second-order valence-electron chi connectivity index (χ2n) is 16.0. The molecule has 5 atom stereocenters. The van der Waals surface area contributed by atoms with Crippen LogP contribution in [0.15, 0.2) is 52.8 Å². The van der Waals surface area contributed by atoms with Gasteiger partial charge in [0.15, 0.2) is 10.3 Å². The number of aromatic carboxylic acids is 1. The van der Waals surface area contributed by atoms with Crippen LogP contribution in [0, 0.1) is 37.5 Å². The average molecular weight is 784 g/mol. The summed E-state index contributed by atoms with van der Waals surface area (Å²) in [5.41, 5.74) is 8.11. The SMILES string of the molecule is CC1=NCC2=C1CC[C@H]2NC(=O)c1cn(Cc2ccc(N3CC4CC4C3)nc2C)nc1Cl.Cc1nc(N2CC3CC3C2)ccc1Cn1cc(C(=O)O)c(Cl)n1. The topological polar surface area (TPSA) is 147 Å². The average Bonchev–Trinajstić information content (AvgIpc) is 3.57. The van der Waals surface area contributed by atoms with Crippen molar-refractivity contribution in [3.8, 4) is 0 Å². The minimum absolute atomic E-state index is 0.0102. The van der Waals surface area contributed by atoms with Crippen LogP contribution in [0.5, 0.6) is 0 Å². The molecule has 7 heterocycles. The summed E-state index contributed by atoms with van der Waals surface area (Å²) in [5.74, 6) is 4.35. The number of rotatable bonds is 9. The van der Waals surface area contributed by atoms with Crippen molar-refractivity contribution in [1.29, 1.82) is 0 Å². The molecule has 4 unspecified atom stereocenters. The molecule has 6 aliphatic rings. The molecule has 0 radical (unpaired) electrons. The van der Waals surface area contributed by atoms with Crippen molar-refractivity contribution in [2.24, 2.45) is 28.7 Å². The lowest BCUT2D eigenvalue weighted by Crippen LogP contribution is -2.35. The van der Waals surface area contributed by atoms with E-state index in [1.54, 1.807) is 15.6 Å². The predicted octanol–water partition coefficient (Wildman–Crippen LogP) is 5.85. The highest BCUT2D eigenvalue weighted by molar-refractivity contribution is 6.32. The first-order valence-corrected chi connectivity index (χ1v) is 19.9. The molecule has 15 heteroatoms. The van der Waals surface area contributed by atoms with Crippen molar-refractivity contribution in [2.45, 2.75) is 65.6 Å². The molecule has 286 valence electrons. The highest BCUT2D eigenvalue weighted by Crippen LogP contribution is 2.47. The van der Waals surface area contributed by atoms with Gasteiger partial charge in [0, 0.05) is 55.7 Å². The number of nitrogens with one attached hydrogen (secondary N) is 1. The van der Waals surface area contributed by atoms with Crippen LogP contribution in [0.3, 0.4) is 0 Å². The number of carbonyl (C=O) groups excluding carboxylic acids is 1. The number of carboxylic acid groups (broad SMARTS) is 1. The van der Waals surface area contributed by atoms with Gasteiger partial charge in [0.2, 0.25) is 0 Å². The summed E-state index contributed by atoms with van der Waals surface area (Å²) >= 11 is 12.2. The van der Waals surface area contributed by atoms with Crippen LogP contribution < -0.4 is 15.1 Å². The van der Waals surface area contributed by atoms with E-state index < -0.39 is 5.97 Å². The maximum Gasteiger partial charge on any atom is 0.340 e. The zero-order chi connectivity index (χ0) is 38.1. The number of hydrogen-bond acceptors (Lipinski definition) is 9. The second kappa shape index (κ2) is 14.1. The number of aliphatic imine (C=N–C) groups is 1. The number of nitrogens with zero attached hydrogens (tertiary/aromatic N) is 9. The first-order chi connectivity index (χ1) is 26.5. The standard InChI is InChI=1S/C24H27ClN6O.C16H17ClN4O2/c1-13-15(3-6-22(27-13)30-9-16-7-17(16)10-30)11-31-12-20(23(25)29-31)24(32)28-21-5-4-18-14(2)26-8-19(18)21;1-9-10(7-21-8-13(16(22)23)15(17)19-21)2-3-14(18-9)20-5-11-4-12(11)6-20/h3,6,12,16-17,21H,4-5,7-11H2,1-2H3,(H,28,32);2-3,8,11-12H,4-7H2,1H3,(H,22,23)/t16?,17?,21-;/m1./s1. The lowest BCUT2D eigenvalue weighted by molar-refractivity contribution is 0.0696. The molecule has 3 aliphatic carbocycles. The van der Waals surface area contributed by atoms with E-state index >= 15 is 0 Å². The summed E-state index contributed by atoms with van der Waals surface area (Å²) < 4.78 is 3.27. The molecule has 4 fully saturated rings. The summed E-state index contributed by atoms with van der Waals surface area (Å²) in [5, 5.41) is 20.8. The third kappa shape index (κ3) is 7.24. The molecule has 0 aromatic carbocycles. The summed E-state index contributed by atoms with van der Waals surface area (Å²) in [6, 6.07) is 8.33. The third-order valence-electron chi connectivity index (χ3n) is 12.3. The van der Waals surface area contributed by atoms with E-state index in [0.29, 0.717) is 25.2 Å².